The summed E-state index contributed by atoms with van der Waals surface area (Å²) in [7, 11) is 0. The monoisotopic (exact) mass is 455 g/mol. The molecule has 1 saturated heterocycles. The summed E-state index contributed by atoms with van der Waals surface area (Å²) in [5, 5.41) is 8.09. The second-order valence-corrected chi connectivity index (χ2v) is 8.84. The number of fused-ring (bicyclic) bond motifs is 2. The molecule has 1 unspecified atom stereocenters. The quantitative estimate of drug-likeness (QED) is 0.572. The zero-order chi connectivity index (χ0) is 22.9. The second kappa shape index (κ2) is 8.92. The van der Waals surface area contributed by atoms with Gasteiger partial charge in [0.05, 0.1) is 0 Å². The maximum Gasteiger partial charge on any atom is 0.322 e. The molecule has 1 N–H and O–H groups in total. The molecule has 1 aliphatic carbocycles. The molecule has 3 atom stereocenters. The number of halogens is 2. The minimum atomic E-state index is -0.702. The molecule has 1 aliphatic heterocycles. The molecule has 2 aromatic heterocycles. The van der Waals surface area contributed by atoms with Crippen molar-refractivity contribution in [1.82, 2.24) is 24.7 Å². The van der Waals surface area contributed by atoms with E-state index in [1.54, 1.807) is 11.0 Å². The average Bonchev–Trinajstić information content (AvgIpc) is 3.22. The Labute approximate surface area is 191 Å². The van der Waals surface area contributed by atoms with Crippen LogP contribution in [0.4, 0.5) is 20.5 Å². The van der Waals surface area contributed by atoms with Crippen molar-refractivity contribution in [2.75, 3.05) is 23.3 Å². The van der Waals surface area contributed by atoms with Gasteiger partial charge >= 0.3 is 6.01 Å². The average molecular weight is 456 g/mol. The summed E-state index contributed by atoms with van der Waals surface area (Å²) >= 11 is 0. The Balaban J connectivity index is 1.32. The first-order valence-electron chi connectivity index (χ1n) is 11.4. The lowest BCUT2D eigenvalue weighted by molar-refractivity contribution is 0.374. The topological polar surface area (TPSA) is 81.0 Å². The standard InChI is InChI=1S/C23H27F2N7O/c1-3-6-32-23(33-19-9-17(24)8-18(25)10-19)29-22(30-32)28-21-15-4-5-16(21)12-31(11-15)20-7-14(2)26-13-27-20/h7-10,13,15-16,21H,3-6,11-12H2,1-2H3,(H,28,30)/t15-,16+,21?. The van der Waals surface area contributed by atoms with Crippen molar-refractivity contribution >= 4 is 11.8 Å². The number of benzene rings is 1. The van der Waals surface area contributed by atoms with Crippen LogP contribution in [-0.2, 0) is 6.54 Å². The van der Waals surface area contributed by atoms with Crippen molar-refractivity contribution in [3.8, 4) is 11.8 Å². The predicted octanol–water partition coefficient (Wildman–Crippen LogP) is 4.18. The molecule has 0 radical (unpaired) electrons. The fourth-order valence-corrected chi connectivity index (χ4v) is 4.92. The number of ether oxygens (including phenoxy) is 1. The van der Waals surface area contributed by atoms with Gasteiger partial charge in [-0.05, 0) is 38.0 Å². The molecule has 3 aromatic rings. The summed E-state index contributed by atoms with van der Waals surface area (Å²) in [6, 6.07) is 5.56. The van der Waals surface area contributed by atoms with E-state index in [4.69, 9.17) is 4.74 Å². The molecular formula is C23H27F2N7O. The predicted molar refractivity (Wildman–Crippen MR) is 119 cm³/mol. The van der Waals surface area contributed by atoms with Gasteiger partial charge in [-0.3, -0.25) is 0 Å². The van der Waals surface area contributed by atoms with Gasteiger partial charge in [-0.2, -0.15) is 4.98 Å². The van der Waals surface area contributed by atoms with E-state index in [2.05, 4.69) is 30.3 Å². The van der Waals surface area contributed by atoms with Crippen LogP contribution in [0.5, 0.6) is 11.8 Å². The lowest BCUT2D eigenvalue weighted by Crippen LogP contribution is -2.48. The van der Waals surface area contributed by atoms with Gasteiger partial charge in [0, 0.05) is 55.6 Å². The maximum atomic E-state index is 13.6. The number of nitrogens with zero attached hydrogens (tertiary/aromatic N) is 6. The third kappa shape index (κ3) is 4.60. The molecule has 2 aliphatic rings. The van der Waals surface area contributed by atoms with Crippen LogP contribution < -0.4 is 15.0 Å². The highest BCUT2D eigenvalue weighted by molar-refractivity contribution is 5.42. The minimum absolute atomic E-state index is 0.0531. The Morgan fingerprint density at radius 3 is 2.45 bits per heavy atom. The van der Waals surface area contributed by atoms with Crippen LogP contribution >= 0.6 is 0 Å². The van der Waals surface area contributed by atoms with Crippen molar-refractivity contribution in [1.29, 1.82) is 0 Å². The van der Waals surface area contributed by atoms with Gasteiger partial charge in [0.25, 0.3) is 0 Å². The largest absolute Gasteiger partial charge is 0.424 e. The van der Waals surface area contributed by atoms with Crippen molar-refractivity contribution in [2.45, 2.75) is 45.7 Å². The third-order valence-corrected chi connectivity index (χ3v) is 6.36. The summed E-state index contributed by atoms with van der Waals surface area (Å²) < 4.78 is 34.5. The molecule has 174 valence electrons. The maximum absolute atomic E-state index is 13.6. The number of piperidine rings is 1. The van der Waals surface area contributed by atoms with Gasteiger partial charge < -0.3 is 15.0 Å². The van der Waals surface area contributed by atoms with E-state index < -0.39 is 11.6 Å². The first-order chi connectivity index (χ1) is 16.0. The van der Waals surface area contributed by atoms with E-state index in [0.717, 1.165) is 62.1 Å². The fourth-order valence-electron chi connectivity index (χ4n) is 4.92. The molecule has 8 nitrogen and oxygen atoms in total. The van der Waals surface area contributed by atoms with E-state index in [9.17, 15) is 8.78 Å². The van der Waals surface area contributed by atoms with Gasteiger partial charge in [-0.1, -0.05) is 6.92 Å². The van der Waals surface area contributed by atoms with Crippen LogP contribution in [0.2, 0.25) is 0 Å². The number of nitrogens with one attached hydrogen (secondary N) is 1. The van der Waals surface area contributed by atoms with Crippen LogP contribution in [0.25, 0.3) is 0 Å². The van der Waals surface area contributed by atoms with E-state index in [1.165, 1.54) is 0 Å². The van der Waals surface area contributed by atoms with Crippen molar-refractivity contribution in [3.05, 3.63) is 47.9 Å². The summed E-state index contributed by atoms with van der Waals surface area (Å²) in [5.74, 6) is 0.985. The zero-order valence-electron chi connectivity index (χ0n) is 18.7. The number of hydrogen-bond donors (Lipinski definition) is 1. The Bertz CT molecular complexity index is 1100. The Hall–Kier alpha value is -3.30. The van der Waals surface area contributed by atoms with E-state index in [1.807, 2.05) is 19.9 Å². The molecule has 1 saturated carbocycles. The number of aryl methyl sites for hydroxylation is 2. The molecule has 0 spiro atoms. The van der Waals surface area contributed by atoms with Crippen molar-refractivity contribution in [3.63, 3.8) is 0 Å². The molecule has 2 fully saturated rings. The van der Waals surface area contributed by atoms with Crippen molar-refractivity contribution < 1.29 is 13.5 Å². The highest BCUT2D eigenvalue weighted by atomic mass is 19.1. The van der Waals surface area contributed by atoms with Gasteiger partial charge in [-0.15, -0.1) is 5.10 Å². The Kier molecular flexibility index (Phi) is 5.82. The highest BCUT2D eigenvalue weighted by Crippen LogP contribution is 2.39. The lowest BCUT2D eigenvalue weighted by atomic mass is 9.92. The lowest BCUT2D eigenvalue weighted by Gasteiger charge is -2.38. The van der Waals surface area contributed by atoms with E-state index >= 15 is 0 Å². The number of anilines is 2. The van der Waals surface area contributed by atoms with E-state index in [-0.39, 0.29) is 17.8 Å². The van der Waals surface area contributed by atoms with Gasteiger partial charge in [0.1, 0.15) is 29.5 Å². The Morgan fingerprint density at radius 2 is 1.79 bits per heavy atom. The van der Waals surface area contributed by atoms with E-state index in [0.29, 0.717) is 24.3 Å². The first kappa shape index (κ1) is 21.5. The van der Waals surface area contributed by atoms with Crippen LogP contribution in [-0.4, -0.2) is 43.9 Å². The number of aromatic nitrogens is 5. The normalized spacial score (nSPS) is 21.9. The molecule has 5 rings (SSSR count). The summed E-state index contributed by atoms with van der Waals surface area (Å²) in [6.45, 7) is 6.40. The van der Waals surface area contributed by atoms with Gasteiger partial charge in [0.15, 0.2) is 0 Å². The second-order valence-electron chi connectivity index (χ2n) is 8.84. The number of hydrogen-bond acceptors (Lipinski definition) is 7. The first-order valence-corrected chi connectivity index (χ1v) is 11.4. The molecule has 0 amide bonds. The molecule has 1 aromatic carbocycles. The highest BCUT2D eigenvalue weighted by Gasteiger charge is 2.43. The van der Waals surface area contributed by atoms with Crippen LogP contribution in [0, 0.1) is 30.4 Å². The summed E-state index contributed by atoms with van der Waals surface area (Å²) in [5.41, 5.74) is 0.962. The van der Waals surface area contributed by atoms with Crippen molar-refractivity contribution in [2.24, 2.45) is 11.8 Å². The molecule has 3 heterocycles. The molecule has 10 heteroatoms. The molecule has 2 bridgehead atoms. The SMILES string of the molecule is CCCn1nc(NC2[C@@H]3CC[C@H]2CN(c2cc(C)ncn2)C3)nc1Oc1cc(F)cc(F)c1. The van der Waals surface area contributed by atoms with Gasteiger partial charge in [0.2, 0.25) is 5.95 Å². The third-order valence-electron chi connectivity index (χ3n) is 6.36. The smallest absolute Gasteiger partial charge is 0.322 e. The van der Waals surface area contributed by atoms with Crippen LogP contribution in [0.3, 0.4) is 0 Å². The summed E-state index contributed by atoms with van der Waals surface area (Å²) in [4.78, 5) is 15.5. The van der Waals surface area contributed by atoms with Gasteiger partial charge in [-0.25, -0.2) is 23.4 Å². The number of rotatable bonds is 7. The minimum Gasteiger partial charge on any atom is -0.424 e. The van der Waals surface area contributed by atoms with Crippen LogP contribution in [0.1, 0.15) is 31.9 Å². The zero-order valence-corrected chi connectivity index (χ0v) is 18.7. The molecule has 33 heavy (non-hydrogen) atoms. The molecular weight excluding hydrogens is 428 g/mol. The summed E-state index contributed by atoms with van der Waals surface area (Å²) in [6.07, 6.45) is 4.70. The van der Waals surface area contributed by atoms with Crippen LogP contribution in [0.15, 0.2) is 30.6 Å². The fraction of sp³-hybridized carbons (Fsp3) is 0.478. The Morgan fingerprint density at radius 1 is 1.06 bits per heavy atom.